The first-order valence-electron chi connectivity index (χ1n) is 7.82. The van der Waals surface area contributed by atoms with Crippen LogP contribution in [0.3, 0.4) is 0 Å². The standard InChI is InChI=1S/C19H21N3/c1-4-22(5-2)19-17-9-7-6-8-16(17)18(20-21-19)15-12-10-14(3)11-13-15/h6-13H,4-5H2,1-3H3. The van der Waals surface area contributed by atoms with Crippen molar-refractivity contribution < 1.29 is 0 Å². The summed E-state index contributed by atoms with van der Waals surface area (Å²) in [6.45, 7) is 8.25. The van der Waals surface area contributed by atoms with Gasteiger partial charge in [0.15, 0.2) is 5.82 Å². The Morgan fingerprint density at radius 3 is 2.09 bits per heavy atom. The molecule has 0 atom stereocenters. The van der Waals surface area contributed by atoms with Crippen molar-refractivity contribution in [2.75, 3.05) is 18.0 Å². The van der Waals surface area contributed by atoms with Gasteiger partial charge in [-0.25, -0.2) is 0 Å². The molecule has 0 N–H and O–H groups in total. The summed E-state index contributed by atoms with van der Waals surface area (Å²) in [6.07, 6.45) is 0. The lowest BCUT2D eigenvalue weighted by molar-refractivity contribution is 0.833. The topological polar surface area (TPSA) is 29.0 Å². The Morgan fingerprint density at radius 1 is 0.818 bits per heavy atom. The molecule has 3 rings (SSSR count). The molecule has 0 amide bonds. The summed E-state index contributed by atoms with van der Waals surface area (Å²) >= 11 is 0. The van der Waals surface area contributed by atoms with Crippen molar-refractivity contribution >= 4 is 16.6 Å². The van der Waals surface area contributed by atoms with E-state index in [2.05, 4.69) is 84.4 Å². The van der Waals surface area contributed by atoms with Crippen molar-refractivity contribution in [2.45, 2.75) is 20.8 Å². The minimum Gasteiger partial charge on any atom is -0.355 e. The lowest BCUT2D eigenvalue weighted by atomic mass is 10.0. The minimum absolute atomic E-state index is 0.930. The highest BCUT2D eigenvalue weighted by molar-refractivity contribution is 6.00. The summed E-state index contributed by atoms with van der Waals surface area (Å²) < 4.78 is 0. The second kappa shape index (κ2) is 6.14. The molecule has 0 aliphatic rings. The predicted molar refractivity (Wildman–Crippen MR) is 93.3 cm³/mol. The maximum absolute atomic E-state index is 4.53. The average Bonchev–Trinajstić information content (AvgIpc) is 2.57. The van der Waals surface area contributed by atoms with E-state index < -0.39 is 0 Å². The molecular formula is C19H21N3. The zero-order valence-electron chi connectivity index (χ0n) is 13.4. The smallest absolute Gasteiger partial charge is 0.159 e. The van der Waals surface area contributed by atoms with Gasteiger partial charge >= 0.3 is 0 Å². The van der Waals surface area contributed by atoms with Gasteiger partial charge in [0.25, 0.3) is 0 Å². The third-order valence-corrected chi connectivity index (χ3v) is 4.06. The largest absolute Gasteiger partial charge is 0.355 e. The Morgan fingerprint density at radius 2 is 1.45 bits per heavy atom. The van der Waals surface area contributed by atoms with E-state index in [0.29, 0.717) is 0 Å². The van der Waals surface area contributed by atoms with Crippen LogP contribution in [0.2, 0.25) is 0 Å². The maximum Gasteiger partial charge on any atom is 0.159 e. The summed E-state index contributed by atoms with van der Waals surface area (Å²) in [5.41, 5.74) is 3.31. The highest BCUT2D eigenvalue weighted by Gasteiger charge is 2.13. The molecule has 3 nitrogen and oxygen atoms in total. The first kappa shape index (κ1) is 14.5. The molecule has 0 radical (unpaired) electrons. The van der Waals surface area contributed by atoms with Crippen LogP contribution in [0.1, 0.15) is 19.4 Å². The molecule has 0 unspecified atom stereocenters. The molecule has 2 aromatic carbocycles. The van der Waals surface area contributed by atoms with E-state index in [1.807, 2.05) is 0 Å². The van der Waals surface area contributed by atoms with Gasteiger partial charge in [0, 0.05) is 29.4 Å². The second-order valence-corrected chi connectivity index (χ2v) is 5.46. The van der Waals surface area contributed by atoms with E-state index in [4.69, 9.17) is 0 Å². The fraction of sp³-hybridized carbons (Fsp3) is 0.263. The first-order chi connectivity index (χ1) is 10.7. The summed E-state index contributed by atoms with van der Waals surface area (Å²) in [5.74, 6) is 0.969. The number of hydrogen-bond acceptors (Lipinski definition) is 3. The molecule has 3 heteroatoms. The quantitative estimate of drug-likeness (QED) is 0.711. The van der Waals surface area contributed by atoms with E-state index in [9.17, 15) is 0 Å². The van der Waals surface area contributed by atoms with E-state index >= 15 is 0 Å². The summed E-state index contributed by atoms with van der Waals surface area (Å²) in [4.78, 5) is 2.24. The van der Waals surface area contributed by atoms with Crippen LogP contribution in [-0.2, 0) is 0 Å². The zero-order valence-corrected chi connectivity index (χ0v) is 13.4. The Kier molecular flexibility index (Phi) is 4.05. The molecule has 1 heterocycles. The van der Waals surface area contributed by atoms with Crippen LogP contribution in [0.25, 0.3) is 22.0 Å². The van der Waals surface area contributed by atoms with Crippen LogP contribution in [0, 0.1) is 6.92 Å². The molecule has 112 valence electrons. The molecule has 0 aliphatic carbocycles. The summed E-state index contributed by atoms with van der Waals surface area (Å²) in [7, 11) is 0. The monoisotopic (exact) mass is 291 g/mol. The van der Waals surface area contributed by atoms with Crippen LogP contribution in [-0.4, -0.2) is 23.3 Å². The number of anilines is 1. The van der Waals surface area contributed by atoms with E-state index in [-0.39, 0.29) is 0 Å². The summed E-state index contributed by atoms with van der Waals surface area (Å²) in [5, 5.41) is 11.4. The predicted octanol–water partition coefficient (Wildman–Crippen LogP) is 4.45. The number of rotatable bonds is 4. The Balaban J connectivity index is 2.22. The number of aromatic nitrogens is 2. The van der Waals surface area contributed by atoms with E-state index in [1.165, 1.54) is 5.56 Å². The van der Waals surface area contributed by atoms with Gasteiger partial charge in [0.2, 0.25) is 0 Å². The van der Waals surface area contributed by atoms with Gasteiger partial charge < -0.3 is 4.90 Å². The molecule has 1 aromatic heterocycles. The fourth-order valence-electron chi connectivity index (χ4n) is 2.77. The number of nitrogens with zero attached hydrogens (tertiary/aromatic N) is 3. The van der Waals surface area contributed by atoms with Gasteiger partial charge in [-0.1, -0.05) is 54.1 Å². The van der Waals surface area contributed by atoms with Gasteiger partial charge in [-0.3, -0.25) is 0 Å². The fourth-order valence-corrected chi connectivity index (χ4v) is 2.77. The van der Waals surface area contributed by atoms with Crippen molar-refractivity contribution in [3.8, 4) is 11.3 Å². The first-order valence-corrected chi connectivity index (χ1v) is 7.82. The van der Waals surface area contributed by atoms with Gasteiger partial charge in [0.1, 0.15) is 5.69 Å². The number of aryl methyl sites for hydroxylation is 1. The van der Waals surface area contributed by atoms with E-state index in [0.717, 1.165) is 40.9 Å². The number of benzene rings is 2. The van der Waals surface area contributed by atoms with Crippen LogP contribution in [0.15, 0.2) is 48.5 Å². The average molecular weight is 291 g/mol. The van der Waals surface area contributed by atoms with Crippen LogP contribution < -0.4 is 4.90 Å². The molecular weight excluding hydrogens is 270 g/mol. The molecule has 0 bridgehead atoms. The highest BCUT2D eigenvalue weighted by Crippen LogP contribution is 2.31. The highest BCUT2D eigenvalue weighted by atomic mass is 15.3. The van der Waals surface area contributed by atoms with Gasteiger partial charge in [0.05, 0.1) is 0 Å². The van der Waals surface area contributed by atoms with Crippen LogP contribution in [0.5, 0.6) is 0 Å². The lowest BCUT2D eigenvalue weighted by Crippen LogP contribution is -2.23. The summed E-state index contributed by atoms with van der Waals surface area (Å²) in [6, 6.07) is 16.9. The van der Waals surface area contributed by atoms with Crippen LogP contribution in [0.4, 0.5) is 5.82 Å². The molecule has 3 aromatic rings. The minimum atomic E-state index is 0.930. The number of hydrogen-bond donors (Lipinski definition) is 0. The van der Waals surface area contributed by atoms with E-state index in [1.54, 1.807) is 0 Å². The normalized spacial score (nSPS) is 10.9. The third kappa shape index (κ3) is 2.54. The van der Waals surface area contributed by atoms with Gasteiger partial charge in [-0.05, 0) is 20.8 Å². The van der Waals surface area contributed by atoms with Crippen molar-refractivity contribution in [1.29, 1.82) is 0 Å². The molecule has 0 saturated heterocycles. The Labute approximate surface area is 131 Å². The molecule has 0 fully saturated rings. The SMILES string of the molecule is CCN(CC)c1nnc(-c2ccc(C)cc2)c2ccccc12. The number of fused-ring (bicyclic) bond motifs is 1. The van der Waals surface area contributed by atoms with Crippen molar-refractivity contribution in [2.24, 2.45) is 0 Å². The molecule has 0 saturated carbocycles. The molecule has 0 aliphatic heterocycles. The van der Waals surface area contributed by atoms with Crippen molar-refractivity contribution in [3.05, 3.63) is 54.1 Å². The Bertz CT molecular complexity index is 774. The maximum atomic E-state index is 4.53. The third-order valence-electron chi connectivity index (χ3n) is 4.06. The van der Waals surface area contributed by atoms with Gasteiger partial charge in [-0.2, -0.15) is 0 Å². The van der Waals surface area contributed by atoms with Crippen molar-refractivity contribution in [3.63, 3.8) is 0 Å². The Hall–Kier alpha value is -2.42. The molecule has 22 heavy (non-hydrogen) atoms. The second-order valence-electron chi connectivity index (χ2n) is 5.46. The lowest BCUT2D eigenvalue weighted by Gasteiger charge is -2.21. The zero-order chi connectivity index (χ0) is 15.5. The van der Waals surface area contributed by atoms with Crippen LogP contribution >= 0.6 is 0 Å². The van der Waals surface area contributed by atoms with Gasteiger partial charge in [-0.15, -0.1) is 10.2 Å². The molecule has 0 spiro atoms. The van der Waals surface area contributed by atoms with Crippen molar-refractivity contribution in [1.82, 2.24) is 10.2 Å².